The minimum atomic E-state index is 0. The molecule has 2 heteroatoms. The van der Waals surface area contributed by atoms with E-state index < -0.39 is 0 Å². The predicted octanol–water partition coefficient (Wildman–Crippen LogP) is 4.96. The van der Waals surface area contributed by atoms with Crippen LogP contribution in [-0.2, 0) is 32.7 Å². The van der Waals surface area contributed by atoms with Crippen LogP contribution in [0.4, 0.5) is 0 Å². The van der Waals surface area contributed by atoms with E-state index in [1.54, 1.807) is 0 Å². The third-order valence-corrected chi connectivity index (χ3v) is 4.58. The minimum absolute atomic E-state index is 0. The van der Waals surface area contributed by atoms with Gasteiger partial charge in [0, 0.05) is 32.7 Å². The van der Waals surface area contributed by atoms with Crippen molar-refractivity contribution in [1.29, 1.82) is 0 Å². The molecule has 0 aromatic heterocycles. The molecule has 0 spiro atoms. The molecule has 2 aliphatic rings. The van der Waals surface area contributed by atoms with Gasteiger partial charge in [-0.15, -0.1) is 6.04 Å². The molecule has 103 valence electrons. The maximum atomic E-state index is 7.75. The zero-order valence-electron chi connectivity index (χ0n) is 12.4. The molecule has 0 heterocycles. The molecule has 1 N–H and O–H groups in total. The van der Waals surface area contributed by atoms with E-state index in [0.717, 1.165) is 17.8 Å². The summed E-state index contributed by atoms with van der Waals surface area (Å²) in [5.74, 6) is 2.61. The fourth-order valence-electron chi connectivity index (χ4n) is 3.47. The van der Waals surface area contributed by atoms with Crippen LogP contribution in [0.2, 0.25) is 0 Å². The molecule has 1 aromatic carbocycles. The van der Waals surface area contributed by atoms with E-state index in [4.69, 9.17) is 5.73 Å². The van der Waals surface area contributed by atoms with Gasteiger partial charge in [0.2, 0.25) is 0 Å². The van der Waals surface area contributed by atoms with E-state index in [-0.39, 0.29) is 32.7 Å². The van der Waals surface area contributed by atoms with Gasteiger partial charge in [-0.3, -0.25) is 0 Å². The number of hydrogen-bond donors (Lipinski definition) is 0. The molecular formula is C17H25NY-2. The fraction of sp³-hybridized carbons (Fsp3) is 0.647. The standard InChI is InChI=1S/C9H16N.C8H9.Y/c1-6-2-7-4-8(3-6)9(10)5-7;1-7-5-3-4-6-8(7)2;/h6-10H,2-5H2,1H3;3,5-6H,1-2H3;/q2*-1;. The van der Waals surface area contributed by atoms with Crippen molar-refractivity contribution in [2.45, 2.75) is 52.5 Å². The molecule has 2 aliphatic carbocycles. The van der Waals surface area contributed by atoms with Crippen LogP contribution >= 0.6 is 0 Å². The van der Waals surface area contributed by atoms with Gasteiger partial charge in [0.25, 0.3) is 0 Å². The van der Waals surface area contributed by atoms with Crippen molar-refractivity contribution < 1.29 is 32.7 Å². The summed E-state index contributed by atoms with van der Waals surface area (Å²) in [6.45, 7) is 6.53. The second-order valence-electron chi connectivity index (χ2n) is 6.29. The topological polar surface area (TPSA) is 23.8 Å². The Labute approximate surface area is 143 Å². The molecule has 1 nitrogen and oxygen atoms in total. The van der Waals surface area contributed by atoms with Crippen LogP contribution in [-0.4, -0.2) is 6.04 Å². The third-order valence-electron chi connectivity index (χ3n) is 4.58. The second kappa shape index (κ2) is 7.91. The van der Waals surface area contributed by atoms with Crippen LogP contribution in [0.1, 0.15) is 43.7 Å². The molecule has 0 amide bonds. The normalized spacial score (nSPS) is 32.0. The van der Waals surface area contributed by atoms with Crippen molar-refractivity contribution >= 4 is 0 Å². The van der Waals surface area contributed by atoms with E-state index in [0.29, 0.717) is 6.04 Å². The van der Waals surface area contributed by atoms with E-state index in [9.17, 15) is 0 Å². The molecule has 4 unspecified atom stereocenters. The van der Waals surface area contributed by atoms with Crippen LogP contribution in [0, 0.1) is 37.7 Å². The van der Waals surface area contributed by atoms with E-state index >= 15 is 0 Å². The van der Waals surface area contributed by atoms with Crippen LogP contribution in [0.25, 0.3) is 5.73 Å². The van der Waals surface area contributed by atoms with Crippen LogP contribution in [0.15, 0.2) is 18.2 Å². The first-order valence-corrected chi connectivity index (χ1v) is 7.20. The Kier molecular flexibility index (Phi) is 7.21. The Morgan fingerprint density at radius 2 is 1.84 bits per heavy atom. The molecular weight excluding hydrogens is 307 g/mol. The molecule has 3 rings (SSSR count). The van der Waals surface area contributed by atoms with Gasteiger partial charge in [0.15, 0.2) is 0 Å². The van der Waals surface area contributed by atoms with Crippen LogP contribution < -0.4 is 0 Å². The van der Waals surface area contributed by atoms with Crippen LogP contribution in [0.3, 0.4) is 0 Å². The Hall–Kier alpha value is 0.284. The van der Waals surface area contributed by atoms with Crippen molar-refractivity contribution in [3.05, 3.63) is 41.1 Å². The van der Waals surface area contributed by atoms with E-state index in [1.165, 1.54) is 36.8 Å². The summed E-state index contributed by atoms with van der Waals surface area (Å²) in [6, 6.07) is 9.30. The minimum Gasteiger partial charge on any atom is -0.674 e. The second-order valence-corrected chi connectivity index (χ2v) is 6.29. The SMILES string of the molecule is CC1CC2CC([NH-])C(C1)C2.Cc1c[c-]ccc1C.[Y]. The summed E-state index contributed by atoms with van der Waals surface area (Å²) < 4.78 is 0. The van der Waals surface area contributed by atoms with Crippen LogP contribution in [0.5, 0.6) is 0 Å². The van der Waals surface area contributed by atoms with Gasteiger partial charge in [-0.05, 0) is 31.1 Å². The summed E-state index contributed by atoms with van der Waals surface area (Å²) in [5.41, 5.74) is 10.4. The summed E-state index contributed by atoms with van der Waals surface area (Å²) in [7, 11) is 0. The zero-order valence-corrected chi connectivity index (χ0v) is 15.3. The predicted molar refractivity (Wildman–Crippen MR) is 77.5 cm³/mol. The van der Waals surface area contributed by atoms with Gasteiger partial charge in [-0.25, -0.2) is 0 Å². The first kappa shape index (κ1) is 17.3. The van der Waals surface area contributed by atoms with Gasteiger partial charge in [0.1, 0.15) is 0 Å². The summed E-state index contributed by atoms with van der Waals surface area (Å²) in [4.78, 5) is 0. The molecule has 4 atom stereocenters. The number of benzene rings is 1. The van der Waals surface area contributed by atoms with E-state index in [2.05, 4.69) is 32.9 Å². The molecule has 1 aromatic rings. The third kappa shape index (κ3) is 4.95. The maximum Gasteiger partial charge on any atom is 0 e. The Morgan fingerprint density at radius 1 is 1.11 bits per heavy atom. The van der Waals surface area contributed by atoms with Crippen molar-refractivity contribution in [2.75, 3.05) is 0 Å². The molecule has 0 aliphatic heterocycles. The summed E-state index contributed by atoms with van der Waals surface area (Å²) in [5, 5.41) is 0. The average molecular weight is 332 g/mol. The molecule has 0 saturated heterocycles. The molecule has 2 saturated carbocycles. The molecule has 2 bridgehead atoms. The number of fused-ring (bicyclic) bond motifs is 2. The molecule has 2 fully saturated rings. The smallest absolute Gasteiger partial charge is 0 e. The van der Waals surface area contributed by atoms with Crippen molar-refractivity contribution in [2.24, 2.45) is 17.8 Å². The number of hydrogen-bond acceptors (Lipinski definition) is 0. The Morgan fingerprint density at radius 3 is 2.37 bits per heavy atom. The molecule has 19 heavy (non-hydrogen) atoms. The Bertz CT molecular complexity index is 365. The van der Waals surface area contributed by atoms with Gasteiger partial charge in [0.05, 0.1) is 0 Å². The van der Waals surface area contributed by atoms with Gasteiger partial charge in [-0.1, -0.05) is 33.1 Å². The number of nitrogens with one attached hydrogen (secondary N) is 1. The van der Waals surface area contributed by atoms with Gasteiger partial charge in [-0.2, -0.15) is 35.4 Å². The summed E-state index contributed by atoms with van der Waals surface area (Å²) >= 11 is 0. The first-order chi connectivity index (χ1) is 8.56. The number of aryl methyl sites for hydroxylation is 2. The summed E-state index contributed by atoms with van der Waals surface area (Å²) in [6.07, 6.45) is 5.32. The number of rotatable bonds is 0. The zero-order chi connectivity index (χ0) is 13.1. The first-order valence-electron chi connectivity index (χ1n) is 7.20. The van der Waals surface area contributed by atoms with Crippen molar-refractivity contribution in [1.82, 2.24) is 0 Å². The average Bonchev–Trinajstić information content (AvgIpc) is 2.58. The fourth-order valence-corrected chi connectivity index (χ4v) is 3.47. The van der Waals surface area contributed by atoms with Gasteiger partial charge >= 0.3 is 0 Å². The van der Waals surface area contributed by atoms with Gasteiger partial charge < -0.3 is 5.73 Å². The van der Waals surface area contributed by atoms with Crippen molar-refractivity contribution in [3.8, 4) is 0 Å². The Balaban J connectivity index is 0.000000185. The molecule has 1 radical (unpaired) electrons. The van der Waals surface area contributed by atoms with Crippen molar-refractivity contribution in [3.63, 3.8) is 0 Å². The quantitative estimate of drug-likeness (QED) is 0.599. The monoisotopic (exact) mass is 332 g/mol. The largest absolute Gasteiger partial charge is 0.674 e. The van der Waals surface area contributed by atoms with E-state index in [1.807, 2.05) is 12.1 Å². The maximum absolute atomic E-state index is 7.75.